The Labute approximate surface area is 94.8 Å². The number of carboxylic acids is 1. The molecule has 0 saturated carbocycles. The van der Waals surface area contributed by atoms with Gasteiger partial charge in [-0.25, -0.2) is 4.79 Å². The number of fused-ring (bicyclic) bond motifs is 1. The van der Waals surface area contributed by atoms with Gasteiger partial charge in [0.15, 0.2) is 0 Å². The van der Waals surface area contributed by atoms with Crippen LogP contribution in [-0.2, 0) is 0 Å². The number of rotatable bonds is 3. The molecule has 0 aliphatic carbocycles. The Morgan fingerprint density at radius 1 is 1.53 bits per heavy atom. The number of hydrogen-bond donors (Lipinski definition) is 2. The minimum absolute atomic E-state index is 0.244. The Balaban J connectivity index is 2.79. The number of aromatic carboxylic acids is 1. The van der Waals surface area contributed by atoms with Crippen molar-refractivity contribution in [2.75, 3.05) is 7.11 Å². The van der Waals surface area contributed by atoms with Gasteiger partial charge in [-0.05, 0) is 12.1 Å². The fraction of sp³-hybridized carbons (Fsp3) is 0.100. The van der Waals surface area contributed by atoms with Gasteiger partial charge in [0.1, 0.15) is 5.75 Å². The monoisotopic (exact) mass is 236 g/mol. The average molecular weight is 236 g/mol. The summed E-state index contributed by atoms with van der Waals surface area (Å²) in [6, 6.07) is 4.50. The van der Waals surface area contributed by atoms with E-state index in [1.54, 1.807) is 0 Å². The van der Waals surface area contributed by atoms with Gasteiger partial charge in [-0.15, -0.1) is 0 Å². The summed E-state index contributed by atoms with van der Waals surface area (Å²) in [6.07, 6.45) is 0. The summed E-state index contributed by atoms with van der Waals surface area (Å²) in [5.74, 6) is -0.877. The minimum atomic E-state index is -1.37. The molecule has 0 atom stereocenters. The SMILES string of the molecule is COc1ccc2c([N+](=O)[O-])c(C(=O)O)[nH]c2c1. The third kappa shape index (κ3) is 1.67. The van der Waals surface area contributed by atoms with E-state index < -0.39 is 22.3 Å². The molecule has 0 aliphatic rings. The molecule has 2 aromatic rings. The zero-order chi connectivity index (χ0) is 12.6. The summed E-state index contributed by atoms with van der Waals surface area (Å²) >= 11 is 0. The number of nitro groups is 1. The number of benzene rings is 1. The van der Waals surface area contributed by atoms with Crippen molar-refractivity contribution in [1.82, 2.24) is 4.98 Å². The zero-order valence-corrected chi connectivity index (χ0v) is 8.76. The zero-order valence-electron chi connectivity index (χ0n) is 8.76. The van der Waals surface area contributed by atoms with Crippen LogP contribution in [0.1, 0.15) is 10.5 Å². The second-order valence-corrected chi connectivity index (χ2v) is 3.32. The fourth-order valence-corrected chi connectivity index (χ4v) is 1.63. The van der Waals surface area contributed by atoms with Crippen LogP contribution < -0.4 is 4.74 Å². The normalized spacial score (nSPS) is 10.4. The topological polar surface area (TPSA) is 105 Å². The van der Waals surface area contributed by atoms with Crippen molar-refractivity contribution in [2.24, 2.45) is 0 Å². The van der Waals surface area contributed by atoms with E-state index in [-0.39, 0.29) is 5.39 Å². The average Bonchev–Trinajstić information content (AvgIpc) is 2.66. The summed E-state index contributed by atoms with van der Waals surface area (Å²) in [5, 5.41) is 20.0. The lowest BCUT2D eigenvalue weighted by Gasteiger charge is -1.97. The second kappa shape index (κ2) is 3.78. The Bertz CT molecular complexity index is 616. The molecule has 0 spiro atoms. The highest BCUT2D eigenvalue weighted by molar-refractivity contribution is 6.03. The van der Waals surface area contributed by atoms with Crippen molar-refractivity contribution in [3.8, 4) is 5.75 Å². The number of aromatic amines is 1. The summed E-state index contributed by atoms with van der Waals surface area (Å²) < 4.78 is 4.96. The maximum Gasteiger partial charge on any atom is 0.359 e. The number of H-pyrrole nitrogens is 1. The Kier molecular flexibility index (Phi) is 2.43. The van der Waals surface area contributed by atoms with Gasteiger partial charge in [0, 0.05) is 6.07 Å². The maximum absolute atomic E-state index is 10.9. The van der Waals surface area contributed by atoms with Crippen molar-refractivity contribution < 1.29 is 19.6 Å². The Hall–Kier alpha value is -2.57. The molecule has 0 aliphatic heterocycles. The molecular weight excluding hydrogens is 228 g/mol. The third-order valence-electron chi connectivity index (χ3n) is 2.37. The predicted molar refractivity (Wildman–Crippen MR) is 58.5 cm³/mol. The number of carboxylic acid groups (broad SMARTS) is 1. The highest BCUT2D eigenvalue weighted by atomic mass is 16.6. The van der Waals surface area contributed by atoms with Gasteiger partial charge in [0.05, 0.1) is 22.9 Å². The standard InChI is InChI=1S/C10H8N2O5/c1-17-5-2-3-6-7(4-5)11-8(10(13)14)9(6)12(15)16/h2-4,11H,1H3,(H,13,14). The van der Waals surface area contributed by atoms with E-state index in [9.17, 15) is 14.9 Å². The summed E-state index contributed by atoms with van der Waals surface area (Å²) in [5.41, 5.74) is -0.512. The first-order chi connectivity index (χ1) is 8.04. The van der Waals surface area contributed by atoms with Crippen molar-refractivity contribution in [3.63, 3.8) is 0 Å². The molecule has 2 N–H and O–H groups in total. The van der Waals surface area contributed by atoms with E-state index in [0.717, 1.165) is 0 Å². The van der Waals surface area contributed by atoms with Crippen LogP contribution in [0.3, 0.4) is 0 Å². The molecule has 1 aromatic heterocycles. The van der Waals surface area contributed by atoms with Gasteiger partial charge in [-0.2, -0.15) is 0 Å². The van der Waals surface area contributed by atoms with Crippen LogP contribution in [0.25, 0.3) is 10.9 Å². The molecule has 1 heterocycles. The molecule has 0 bridgehead atoms. The van der Waals surface area contributed by atoms with E-state index in [2.05, 4.69) is 4.98 Å². The van der Waals surface area contributed by atoms with Crippen molar-refractivity contribution in [3.05, 3.63) is 34.0 Å². The number of aromatic nitrogens is 1. The number of nitrogens with one attached hydrogen (secondary N) is 1. The molecule has 0 fully saturated rings. The van der Waals surface area contributed by atoms with Crippen LogP contribution in [0, 0.1) is 10.1 Å². The van der Waals surface area contributed by atoms with Gasteiger partial charge in [0.25, 0.3) is 0 Å². The van der Waals surface area contributed by atoms with E-state index in [4.69, 9.17) is 9.84 Å². The molecule has 0 amide bonds. The molecule has 0 unspecified atom stereocenters. The molecule has 0 radical (unpaired) electrons. The van der Waals surface area contributed by atoms with Gasteiger partial charge >= 0.3 is 11.7 Å². The predicted octanol–water partition coefficient (Wildman–Crippen LogP) is 1.78. The molecule has 7 nitrogen and oxygen atoms in total. The lowest BCUT2D eigenvalue weighted by Crippen LogP contribution is -2.01. The van der Waals surface area contributed by atoms with Gasteiger partial charge in [0.2, 0.25) is 5.69 Å². The Morgan fingerprint density at radius 3 is 2.76 bits per heavy atom. The van der Waals surface area contributed by atoms with Crippen molar-refractivity contribution >= 4 is 22.6 Å². The van der Waals surface area contributed by atoms with Crippen molar-refractivity contribution in [1.29, 1.82) is 0 Å². The lowest BCUT2D eigenvalue weighted by atomic mass is 10.2. The number of methoxy groups -OCH3 is 1. The Morgan fingerprint density at radius 2 is 2.24 bits per heavy atom. The van der Waals surface area contributed by atoms with Crippen LogP contribution in [0.5, 0.6) is 5.75 Å². The van der Waals surface area contributed by atoms with E-state index in [1.807, 2.05) is 0 Å². The number of nitrogens with zero attached hydrogens (tertiary/aromatic N) is 1. The van der Waals surface area contributed by atoms with Crippen LogP contribution >= 0.6 is 0 Å². The van der Waals surface area contributed by atoms with Crippen LogP contribution in [0.2, 0.25) is 0 Å². The summed E-state index contributed by atoms with van der Waals surface area (Å²) in [4.78, 5) is 23.5. The molecule has 7 heteroatoms. The van der Waals surface area contributed by atoms with E-state index in [1.165, 1.54) is 25.3 Å². The highest BCUT2D eigenvalue weighted by Crippen LogP contribution is 2.31. The first-order valence-corrected chi connectivity index (χ1v) is 4.62. The van der Waals surface area contributed by atoms with Crippen LogP contribution in [0.15, 0.2) is 18.2 Å². The first-order valence-electron chi connectivity index (χ1n) is 4.62. The molecular formula is C10H8N2O5. The summed E-state index contributed by atoms with van der Waals surface area (Å²) in [6.45, 7) is 0. The molecule has 1 aromatic carbocycles. The molecule has 0 saturated heterocycles. The van der Waals surface area contributed by atoms with Gasteiger partial charge < -0.3 is 14.8 Å². The minimum Gasteiger partial charge on any atom is -0.497 e. The molecule has 2 rings (SSSR count). The fourth-order valence-electron chi connectivity index (χ4n) is 1.63. The molecule has 88 valence electrons. The number of hydrogen-bond acceptors (Lipinski definition) is 4. The lowest BCUT2D eigenvalue weighted by molar-refractivity contribution is -0.383. The largest absolute Gasteiger partial charge is 0.497 e. The second-order valence-electron chi connectivity index (χ2n) is 3.32. The van der Waals surface area contributed by atoms with Crippen molar-refractivity contribution in [2.45, 2.75) is 0 Å². The van der Waals surface area contributed by atoms with Crippen LogP contribution in [-0.4, -0.2) is 28.1 Å². The first kappa shape index (κ1) is 10.9. The van der Waals surface area contributed by atoms with E-state index >= 15 is 0 Å². The quantitative estimate of drug-likeness (QED) is 0.624. The number of carbonyl (C=O) groups is 1. The molecule has 17 heavy (non-hydrogen) atoms. The van der Waals surface area contributed by atoms with Gasteiger partial charge in [-0.1, -0.05) is 0 Å². The van der Waals surface area contributed by atoms with Crippen LogP contribution in [0.4, 0.5) is 5.69 Å². The van der Waals surface area contributed by atoms with Gasteiger partial charge in [-0.3, -0.25) is 10.1 Å². The third-order valence-corrected chi connectivity index (χ3v) is 2.37. The smallest absolute Gasteiger partial charge is 0.359 e. The van der Waals surface area contributed by atoms with E-state index in [0.29, 0.717) is 11.3 Å². The number of ether oxygens (including phenoxy) is 1. The highest BCUT2D eigenvalue weighted by Gasteiger charge is 2.26. The summed E-state index contributed by atoms with van der Waals surface area (Å²) in [7, 11) is 1.45. The maximum atomic E-state index is 10.9.